The van der Waals surface area contributed by atoms with E-state index in [2.05, 4.69) is 0 Å². The Morgan fingerprint density at radius 2 is 1.17 bits per heavy atom. The van der Waals surface area contributed by atoms with Gasteiger partial charge in [-0.1, -0.05) is 0 Å². The number of hydrogen-bond acceptors (Lipinski definition) is 6. The normalized spacial score (nSPS) is 31.2. The summed E-state index contributed by atoms with van der Waals surface area (Å²) in [5.41, 5.74) is 0. The van der Waals surface area contributed by atoms with Gasteiger partial charge >= 0.3 is 0 Å². The van der Waals surface area contributed by atoms with Gasteiger partial charge in [-0.3, -0.25) is 19.2 Å². The summed E-state index contributed by atoms with van der Waals surface area (Å²) in [6.45, 7) is 0. The van der Waals surface area contributed by atoms with Crippen molar-refractivity contribution in [1.29, 1.82) is 0 Å². The highest BCUT2D eigenvalue weighted by molar-refractivity contribution is 6.71. The molecule has 12 heavy (non-hydrogen) atoms. The van der Waals surface area contributed by atoms with Crippen molar-refractivity contribution in [3.05, 3.63) is 0 Å². The standard InChI is InChI=1S/C6H4O6/c7-1-2(8)4(10)6(12)5(11)3(1)9/h1,4,7,10H. The van der Waals surface area contributed by atoms with Crippen LogP contribution in [-0.2, 0) is 19.2 Å². The molecule has 6 nitrogen and oxygen atoms in total. The molecule has 0 amide bonds. The maximum atomic E-state index is 10.6. The number of rotatable bonds is 0. The first-order chi connectivity index (χ1) is 5.46. The van der Waals surface area contributed by atoms with Gasteiger partial charge in [0, 0.05) is 0 Å². The van der Waals surface area contributed by atoms with Crippen LogP contribution in [0.3, 0.4) is 0 Å². The smallest absolute Gasteiger partial charge is 0.270 e. The van der Waals surface area contributed by atoms with E-state index in [0.717, 1.165) is 0 Å². The summed E-state index contributed by atoms with van der Waals surface area (Å²) in [6, 6.07) is 0. The predicted octanol–water partition coefficient (Wildman–Crippen LogP) is -3.00. The molecule has 1 aliphatic rings. The molecule has 1 rings (SSSR count). The zero-order chi connectivity index (χ0) is 9.46. The van der Waals surface area contributed by atoms with Crippen LogP contribution in [0.1, 0.15) is 0 Å². The Balaban J connectivity index is 3.07. The first-order valence-corrected chi connectivity index (χ1v) is 2.99. The van der Waals surface area contributed by atoms with Crippen LogP contribution in [0.4, 0.5) is 0 Å². The third-order valence-corrected chi connectivity index (χ3v) is 1.48. The van der Waals surface area contributed by atoms with Crippen molar-refractivity contribution in [3.63, 3.8) is 0 Å². The highest BCUT2D eigenvalue weighted by Gasteiger charge is 2.47. The van der Waals surface area contributed by atoms with E-state index in [1.54, 1.807) is 0 Å². The van der Waals surface area contributed by atoms with Crippen molar-refractivity contribution >= 4 is 23.1 Å². The van der Waals surface area contributed by atoms with E-state index in [-0.39, 0.29) is 0 Å². The number of hydrogen-bond donors (Lipinski definition) is 2. The number of ketones is 4. The summed E-state index contributed by atoms with van der Waals surface area (Å²) in [5, 5.41) is 17.3. The van der Waals surface area contributed by atoms with Crippen LogP contribution in [-0.4, -0.2) is 45.6 Å². The molecule has 0 aromatic heterocycles. The second-order valence-corrected chi connectivity index (χ2v) is 2.27. The molecule has 6 heteroatoms. The molecule has 0 radical (unpaired) electrons. The lowest BCUT2D eigenvalue weighted by molar-refractivity contribution is -0.161. The molecule has 64 valence electrons. The van der Waals surface area contributed by atoms with Gasteiger partial charge in [-0.05, 0) is 0 Å². The largest absolute Gasteiger partial charge is 0.377 e. The van der Waals surface area contributed by atoms with Crippen LogP contribution in [0.2, 0.25) is 0 Å². The average molecular weight is 172 g/mol. The van der Waals surface area contributed by atoms with Gasteiger partial charge in [0.25, 0.3) is 5.78 Å². The summed E-state index contributed by atoms with van der Waals surface area (Å²) >= 11 is 0. The molecule has 0 saturated heterocycles. The van der Waals surface area contributed by atoms with E-state index < -0.39 is 35.3 Å². The van der Waals surface area contributed by atoms with Crippen LogP contribution in [0, 0.1) is 0 Å². The monoisotopic (exact) mass is 172 g/mol. The second kappa shape index (κ2) is 2.58. The zero-order valence-electron chi connectivity index (χ0n) is 5.68. The molecule has 2 N–H and O–H groups in total. The van der Waals surface area contributed by atoms with Crippen LogP contribution >= 0.6 is 0 Å². The number of Topliss-reactive ketones (excluding diaryl/α,β-unsaturated/α-hetero) is 4. The maximum Gasteiger partial charge on any atom is 0.270 e. The van der Waals surface area contributed by atoms with E-state index in [1.165, 1.54) is 0 Å². The Morgan fingerprint density at radius 3 is 1.50 bits per heavy atom. The Kier molecular flexibility index (Phi) is 1.87. The maximum absolute atomic E-state index is 10.6. The van der Waals surface area contributed by atoms with Crippen LogP contribution in [0.25, 0.3) is 0 Å². The topological polar surface area (TPSA) is 109 Å². The molecule has 0 aliphatic heterocycles. The first kappa shape index (κ1) is 8.69. The minimum atomic E-state index is -2.19. The van der Waals surface area contributed by atoms with Crippen molar-refractivity contribution < 1.29 is 29.4 Å². The molecule has 1 saturated carbocycles. The van der Waals surface area contributed by atoms with E-state index in [1.807, 2.05) is 0 Å². The molecule has 0 aromatic rings. The highest BCUT2D eigenvalue weighted by Crippen LogP contribution is 2.05. The van der Waals surface area contributed by atoms with Crippen LogP contribution in [0.5, 0.6) is 0 Å². The lowest BCUT2D eigenvalue weighted by Gasteiger charge is -2.16. The van der Waals surface area contributed by atoms with Crippen LogP contribution < -0.4 is 0 Å². The molecule has 0 spiro atoms. The predicted molar refractivity (Wildman–Crippen MR) is 32.0 cm³/mol. The number of aliphatic hydroxyl groups excluding tert-OH is 2. The van der Waals surface area contributed by atoms with Crippen molar-refractivity contribution in [2.45, 2.75) is 12.2 Å². The minimum absolute atomic E-state index is 1.34. The number of carbonyl (C=O) groups excluding carboxylic acids is 4. The summed E-state index contributed by atoms with van der Waals surface area (Å²) in [4.78, 5) is 42.2. The summed E-state index contributed by atoms with van der Waals surface area (Å²) < 4.78 is 0. The average Bonchev–Trinajstić information content (AvgIpc) is 2.08. The lowest BCUT2D eigenvalue weighted by atomic mass is 9.90. The quantitative estimate of drug-likeness (QED) is 0.297. The SMILES string of the molecule is O=C1C(=O)C(O)C(=O)C(O)C1=O. The first-order valence-electron chi connectivity index (χ1n) is 2.99. The molecule has 0 heterocycles. The van der Waals surface area contributed by atoms with Crippen LogP contribution in [0.15, 0.2) is 0 Å². The third kappa shape index (κ3) is 0.973. The van der Waals surface area contributed by atoms with E-state index in [9.17, 15) is 19.2 Å². The van der Waals surface area contributed by atoms with Gasteiger partial charge in [0.05, 0.1) is 0 Å². The fraction of sp³-hybridized carbons (Fsp3) is 0.333. The van der Waals surface area contributed by atoms with Gasteiger partial charge in [0.1, 0.15) is 0 Å². The fourth-order valence-corrected chi connectivity index (χ4v) is 0.778. The summed E-state index contributed by atoms with van der Waals surface area (Å²) in [7, 11) is 0. The Labute approximate surface area is 65.8 Å². The van der Waals surface area contributed by atoms with Gasteiger partial charge in [-0.25, -0.2) is 0 Å². The van der Waals surface area contributed by atoms with Crippen molar-refractivity contribution in [2.75, 3.05) is 0 Å². The molecular weight excluding hydrogens is 168 g/mol. The van der Waals surface area contributed by atoms with Gasteiger partial charge in [-0.2, -0.15) is 0 Å². The van der Waals surface area contributed by atoms with Gasteiger partial charge < -0.3 is 10.2 Å². The van der Waals surface area contributed by atoms with Crippen molar-refractivity contribution in [2.24, 2.45) is 0 Å². The fourth-order valence-electron chi connectivity index (χ4n) is 0.778. The Bertz CT molecular complexity index is 264. The lowest BCUT2D eigenvalue weighted by Crippen LogP contribution is -2.54. The van der Waals surface area contributed by atoms with Crippen molar-refractivity contribution in [3.8, 4) is 0 Å². The summed E-state index contributed by atoms with van der Waals surface area (Å²) in [6.07, 6.45) is -4.38. The Hall–Kier alpha value is -1.40. The molecule has 2 unspecified atom stereocenters. The molecule has 1 fully saturated rings. The third-order valence-electron chi connectivity index (χ3n) is 1.48. The highest BCUT2D eigenvalue weighted by atomic mass is 16.3. The van der Waals surface area contributed by atoms with E-state index in [4.69, 9.17) is 10.2 Å². The van der Waals surface area contributed by atoms with E-state index in [0.29, 0.717) is 0 Å². The molecule has 0 aromatic carbocycles. The van der Waals surface area contributed by atoms with Gasteiger partial charge in [0.15, 0.2) is 12.2 Å². The number of aliphatic hydroxyl groups is 2. The Morgan fingerprint density at radius 1 is 0.833 bits per heavy atom. The molecule has 2 atom stereocenters. The second-order valence-electron chi connectivity index (χ2n) is 2.27. The van der Waals surface area contributed by atoms with Gasteiger partial charge in [-0.15, -0.1) is 0 Å². The summed E-state index contributed by atoms with van der Waals surface area (Å²) in [5.74, 6) is -5.83. The van der Waals surface area contributed by atoms with Crippen molar-refractivity contribution in [1.82, 2.24) is 0 Å². The molecule has 1 aliphatic carbocycles. The minimum Gasteiger partial charge on any atom is -0.377 e. The molecule has 0 bridgehead atoms. The van der Waals surface area contributed by atoms with E-state index >= 15 is 0 Å². The number of carbonyl (C=O) groups is 4. The van der Waals surface area contributed by atoms with Gasteiger partial charge in [0.2, 0.25) is 17.3 Å². The zero-order valence-corrected chi connectivity index (χ0v) is 5.68. The molecular formula is C6H4O6.